The van der Waals surface area contributed by atoms with Gasteiger partial charge >= 0.3 is 6.09 Å². The Balaban J connectivity index is 1.53. The van der Waals surface area contributed by atoms with Gasteiger partial charge in [-0.25, -0.2) is 9.78 Å². The van der Waals surface area contributed by atoms with Crippen LogP contribution >= 0.6 is 0 Å². The Morgan fingerprint density at radius 2 is 1.84 bits per heavy atom. The van der Waals surface area contributed by atoms with Crippen LogP contribution in [0.2, 0.25) is 0 Å². The Kier molecular flexibility index (Phi) is 6.21. The van der Waals surface area contributed by atoms with Crippen molar-refractivity contribution >= 4 is 17.7 Å². The van der Waals surface area contributed by atoms with Gasteiger partial charge in [0.15, 0.2) is 5.78 Å². The van der Waals surface area contributed by atoms with Crippen LogP contribution in [0.25, 0.3) is 11.1 Å². The number of nitrogens with one attached hydrogen (secondary N) is 1. The molecule has 1 N–H and O–H groups in total. The van der Waals surface area contributed by atoms with E-state index in [1.807, 2.05) is 48.5 Å². The lowest BCUT2D eigenvalue weighted by molar-refractivity contribution is 0.0975. The molecule has 0 unspecified atom stereocenters. The number of nitrogens with zero attached hydrogens (tertiary/aromatic N) is 1. The average Bonchev–Trinajstić information content (AvgIpc) is 2.78. The van der Waals surface area contributed by atoms with E-state index in [-0.39, 0.29) is 17.8 Å². The zero-order chi connectivity index (χ0) is 22.7. The second-order valence-electron chi connectivity index (χ2n) is 8.24. The maximum absolute atomic E-state index is 12.9. The summed E-state index contributed by atoms with van der Waals surface area (Å²) in [7, 11) is 0. The Hall–Kier alpha value is -3.67. The van der Waals surface area contributed by atoms with Gasteiger partial charge in [0, 0.05) is 17.5 Å². The zero-order valence-electron chi connectivity index (χ0n) is 18.4. The van der Waals surface area contributed by atoms with Crippen LogP contribution in [-0.2, 0) is 11.3 Å². The first kappa shape index (κ1) is 21.6. The molecule has 0 radical (unpaired) electrons. The van der Waals surface area contributed by atoms with Crippen LogP contribution in [0.4, 0.5) is 10.6 Å². The molecule has 0 saturated carbocycles. The second kappa shape index (κ2) is 9.22. The SMILES string of the molecule is CC(C)OC(=O)Nc1cc2c(cn1)OCc1cc(C(=O)C[C@H](C)c3ccccc3)ccc1-2. The summed E-state index contributed by atoms with van der Waals surface area (Å²) in [6.07, 6.45) is 1.25. The van der Waals surface area contributed by atoms with Gasteiger partial charge in [0.25, 0.3) is 0 Å². The van der Waals surface area contributed by atoms with Crippen molar-refractivity contribution in [1.29, 1.82) is 0 Å². The standard InChI is InChI=1S/C26H26N2O4/c1-16(2)32-26(30)28-25-13-22-21-10-9-19(12-20(21)15-31-24(22)14-27-25)23(29)11-17(3)18-7-5-4-6-8-18/h4-10,12-14,16-17H,11,15H2,1-3H3,(H,27,28,30)/t17-/m0/s1. The Morgan fingerprint density at radius 1 is 1.06 bits per heavy atom. The van der Waals surface area contributed by atoms with Gasteiger partial charge in [-0.3, -0.25) is 10.1 Å². The number of ether oxygens (including phenoxy) is 2. The smallest absolute Gasteiger partial charge is 0.413 e. The van der Waals surface area contributed by atoms with Crippen LogP contribution in [-0.4, -0.2) is 23.0 Å². The van der Waals surface area contributed by atoms with Crippen molar-refractivity contribution < 1.29 is 19.1 Å². The van der Waals surface area contributed by atoms with Crippen molar-refractivity contribution in [3.05, 3.63) is 77.5 Å². The molecule has 2 aromatic carbocycles. The first-order valence-corrected chi connectivity index (χ1v) is 10.7. The van der Waals surface area contributed by atoms with Crippen LogP contribution in [0.3, 0.4) is 0 Å². The highest BCUT2D eigenvalue weighted by molar-refractivity contribution is 5.97. The summed E-state index contributed by atoms with van der Waals surface area (Å²) in [5.41, 5.74) is 4.53. The number of carbonyl (C=O) groups is 2. The first-order valence-electron chi connectivity index (χ1n) is 10.7. The topological polar surface area (TPSA) is 77.5 Å². The number of hydrogen-bond acceptors (Lipinski definition) is 5. The number of carbonyl (C=O) groups excluding carboxylic acids is 2. The summed E-state index contributed by atoms with van der Waals surface area (Å²) in [6.45, 7) is 5.99. The first-order chi connectivity index (χ1) is 15.4. The van der Waals surface area contributed by atoms with Gasteiger partial charge in [0.2, 0.25) is 0 Å². The van der Waals surface area contributed by atoms with E-state index < -0.39 is 6.09 Å². The van der Waals surface area contributed by atoms with E-state index in [1.54, 1.807) is 26.1 Å². The molecule has 3 aromatic rings. The number of benzene rings is 2. The molecular formula is C26H26N2O4. The molecule has 1 aliphatic heterocycles. The molecule has 1 aromatic heterocycles. The minimum Gasteiger partial charge on any atom is -0.487 e. The third-order valence-corrected chi connectivity index (χ3v) is 5.40. The third kappa shape index (κ3) is 4.80. The number of anilines is 1. The summed E-state index contributed by atoms with van der Waals surface area (Å²) in [4.78, 5) is 29.0. The molecule has 4 rings (SSSR count). The van der Waals surface area contributed by atoms with Gasteiger partial charge < -0.3 is 9.47 Å². The number of fused-ring (bicyclic) bond motifs is 3. The van der Waals surface area contributed by atoms with E-state index in [0.29, 0.717) is 30.2 Å². The lowest BCUT2D eigenvalue weighted by Gasteiger charge is -2.22. The van der Waals surface area contributed by atoms with Crippen LogP contribution in [0.1, 0.15) is 54.6 Å². The largest absolute Gasteiger partial charge is 0.487 e. The van der Waals surface area contributed by atoms with Gasteiger partial charge in [-0.15, -0.1) is 0 Å². The van der Waals surface area contributed by atoms with E-state index in [1.165, 1.54) is 0 Å². The Bertz CT molecular complexity index is 1140. The van der Waals surface area contributed by atoms with E-state index >= 15 is 0 Å². The molecule has 0 aliphatic carbocycles. The molecule has 32 heavy (non-hydrogen) atoms. The predicted octanol–water partition coefficient (Wildman–Crippen LogP) is 5.97. The highest BCUT2D eigenvalue weighted by Gasteiger charge is 2.21. The van der Waals surface area contributed by atoms with Crippen LogP contribution in [0.5, 0.6) is 5.75 Å². The quantitative estimate of drug-likeness (QED) is 0.487. The summed E-state index contributed by atoms with van der Waals surface area (Å²) < 4.78 is 11.0. The molecule has 0 fully saturated rings. The van der Waals surface area contributed by atoms with Crippen LogP contribution in [0.15, 0.2) is 60.8 Å². The fourth-order valence-corrected chi connectivity index (χ4v) is 3.78. The Labute approximate surface area is 187 Å². The number of amides is 1. The lowest BCUT2D eigenvalue weighted by Crippen LogP contribution is -2.19. The molecule has 1 amide bonds. The monoisotopic (exact) mass is 430 g/mol. The summed E-state index contributed by atoms with van der Waals surface area (Å²) in [5, 5.41) is 2.64. The van der Waals surface area contributed by atoms with Crippen molar-refractivity contribution in [1.82, 2.24) is 4.98 Å². The summed E-state index contributed by atoms with van der Waals surface area (Å²) in [5.74, 6) is 1.25. The summed E-state index contributed by atoms with van der Waals surface area (Å²) in [6, 6.07) is 17.5. The highest BCUT2D eigenvalue weighted by Crippen LogP contribution is 2.39. The number of aromatic nitrogens is 1. The van der Waals surface area contributed by atoms with Gasteiger partial charge in [0.1, 0.15) is 18.2 Å². The van der Waals surface area contributed by atoms with Crippen molar-refractivity contribution in [2.75, 3.05) is 5.32 Å². The second-order valence-corrected chi connectivity index (χ2v) is 8.24. The van der Waals surface area contributed by atoms with Gasteiger partial charge in [0.05, 0.1) is 12.3 Å². The molecular weight excluding hydrogens is 404 g/mol. The van der Waals surface area contributed by atoms with Crippen molar-refractivity contribution in [3.8, 4) is 16.9 Å². The number of pyridine rings is 1. The minimum atomic E-state index is -0.558. The Morgan fingerprint density at radius 3 is 2.59 bits per heavy atom. The number of ketones is 1. The third-order valence-electron chi connectivity index (χ3n) is 5.40. The molecule has 0 bridgehead atoms. The molecule has 2 heterocycles. The average molecular weight is 431 g/mol. The van der Waals surface area contributed by atoms with E-state index in [2.05, 4.69) is 17.2 Å². The van der Waals surface area contributed by atoms with Crippen molar-refractivity contribution in [2.45, 2.75) is 45.8 Å². The number of Topliss-reactive ketones (excluding diaryl/α,β-unsaturated/α-hetero) is 1. The lowest BCUT2D eigenvalue weighted by atomic mass is 9.90. The molecule has 164 valence electrons. The van der Waals surface area contributed by atoms with E-state index in [9.17, 15) is 9.59 Å². The van der Waals surface area contributed by atoms with Crippen LogP contribution in [0, 0.1) is 0 Å². The van der Waals surface area contributed by atoms with Crippen molar-refractivity contribution in [3.63, 3.8) is 0 Å². The molecule has 6 nitrogen and oxygen atoms in total. The molecule has 0 saturated heterocycles. The van der Waals surface area contributed by atoms with E-state index in [4.69, 9.17) is 9.47 Å². The fraction of sp³-hybridized carbons (Fsp3) is 0.269. The van der Waals surface area contributed by atoms with Gasteiger partial charge in [-0.05, 0) is 48.6 Å². The maximum atomic E-state index is 12.9. The summed E-state index contributed by atoms with van der Waals surface area (Å²) >= 11 is 0. The minimum absolute atomic E-state index is 0.100. The maximum Gasteiger partial charge on any atom is 0.413 e. The normalized spacial score (nSPS) is 12.9. The molecule has 6 heteroatoms. The molecule has 0 spiro atoms. The predicted molar refractivity (Wildman–Crippen MR) is 123 cm³/mol. The van der Waals surface area contributed by atoms with Crippen molar-refractivity contribution in [2.24, 2.45) is 0 Å². The zero-order valence-corrected chi connectivity index (χ0v) is 18.4. The fourth-order valence-electron chi connectivity index (χ4n) is 3.78. The number of rotatable bonds is 6. The highest BCUT2D eigenvalue weighted by atomic mass is 16.6. The molecule has 1 atom stereocenters. The van der Waals surface area contributed by atoms with E-state index in [0.717, 1.165) is 22.3 Å². The van der Waals surface area contributed by atoms with Crippen LogP contribution < -0.4 is 10.1 Å². The number of hydrogen-bond donors (Lipinski definition) is 1. The molecule has 1 aliphatic rings. The van der Waals surface area contributed by atoms with Gasteiger partial charge in [-0.1, -0.05) is 49.4 Å². The van der Waals surface area contributed by atoms with Gasteiger partial charge in [-0.2, -0.15) is 0 Å².